The summed E-state index contributed by atoms with van der Waals surface area (Å²) < 4.78 is 0. The van der Waals surface area contributed by atoms with E-state index in [9.17, 15) is 0 Å². The lowest BCUT2D eigenvalue weighted by Crippen LogP contribution is -2.63. The predicted octanol–water partition coefficient (Wildman–Crippen LogP) is 5.62. The van der Waals surface area contributed by atoms with Crippen LogP contribution in [-0.4, -0.2) is 0 Å². The Hall–Kier alpha value is 0. The lowest BCUT2D eigenvalue weighted by molar-refractivity contribution is -0.207. The van der Waals surface area contributed by atoms with Crippen molar-refractivity contribution in [2.75, 3.05) is 0 Å². The molecule has 0 heterocycles. The summed E-state index contributed by atoms with van der Waals surface area (Å²) in [5.74, 6) is 7.01. The Morgan fingerprint density at radius 1 is 0.950 bits per heavy atom. The summed E-state index contributed by atoms with van der Waals surface area (Å²) in [4.78, 5) is 0. The third-order valence-electron chi connectivity index (χ3n) is 9.22. The molecule has 0 saturated heterocycles. The average molecular weight is 274 g/mol. The van der Waals surface area contributed by atoms with Crippen molar-refractivity contribution in [1.82, 2.24) is 0 Å². The molecule has 0 aliphatic heterocycles. The molecule has 0 aromatic carbocycles. The van der Waals surface area contributed by atoms with E-state index in [1.165, 1.54) is 6.42 Å². The second kappa shape index (κ2) is 3.49. The van der Waals surface area contributed by atoms with Crippen LogP contribution in [0.5, 0.6) is 0 Å². The summed E-state index contributed by atoms with van der Waals surface area (Å²) in [5.41, 5.74) is 1.89. The molecule has 8 unspecified atom stereocenters. The molecule has 5 saturated carbocycles. The van der Waals surface area contributed by atoms with Crippen LogP contribution >= 0.6 is 0 Å². The summed E-state index contributed by atoms with van der Waals surface area (Å²) in [6.07, 6.45) is 4.60. The number of hydrogen-bond donors (Lipinski definition) is 0. The summed E-state index contributed by atoms with van der Waals surface area (Å²) in [5, 5.41) is 0. The Labute approximate surface area is 126 Å². The number of fused-ring (bicyclic) bond motifs is 2. The minimum Gasteiger partial charge on any atom is -0.0622 e. The van der Waals surface area contributed by atoms with E-state index >= 15 is 0 Å². The molecule has 0 radical (unpaired) electrons. The first-order valence-electron chi connectivity index (χ1n) is 9.14. The van der Waals surface area contributed by atoms with Gasteiger partial charge in [0.2, 0.25) is 0 Å². The Morgan fingerprint density at radius 3 is 2.20 bits per heavy atom. The third-order valence-corrected chi connectivity index (χ3v) is 9.22. The van der Waals surface area contributed by atoms with Crippen molar-refractivity contribution in [3.05, 3.63) is 0 Å². The largest absolute Gasteiger partial charge is 0.0622 e. The first kappa shape index (κ1) is 13.6. The minimum absolute atomic E-state index is 0.538. The summed E-state index contributed by atoms with van der Waals surface area (Å²) in [6, 6.07) is 0. The fraction of sp³-hybridized carbons (Fsp3) is 1.00. The first-order chi connectivity index (χ1) is 9.14. The van der Waals surface area contributed by atoms with Gasteiger partial charge in [-0.3, -0.25) is 0 Å². The van der Waals surface area contributed by atoms with Gasteiger partial charge in [-0.25, -0.2) is 0 Å². The quantitative estimate of drug-likeness (QED) is 0.582. The highest BCUT2D eigenvalue weighted by atomic mass is 14.8. The van der Waals surface area contributed by atoms with E-state index in [1.807, 2.05) is 0 Å². The zero-order chi connectivity index (χ0) is 14.7. The molecule has 0 amide bonds. The highest BCUT2D eigenvalue weighted by Gasteiger charge is 2.76. The summed E-state index contributed by atoms with van der Waals surface area (Å²) in [7, 11) is 0. The molecule has 8 atom stereocenters. The van der Waals surface area contributed by atoms with Crippen LogP contribution in [0.2, 0.25) is 0 Å². The number of hydrogen-bond acceptors (Lipinski definition) is 0. The number of rotatable bonds is 1. The SMILES string of the molecule is CC1C2C(C)C(C)(C)CC3(C(C)C)CC4(C)CC3C1C24. The van der Waals surface area contributed by atoms with Crippen molar-refractivity contribution in [3.8, 4) is 0 Å². The van der Waals surface area contributed by atoms with E-state index in [0.29, 0.717) is 16.2 Å². The Bertz CT molecular complexity index is 447. The Balaban J connectivity index is 1.88. The molecule has 0 aromatic rings. The second-order valence-corrected chi connectivity index (χ2v) is 10.5. The fourth-order valence-corrected chi connectivity index (χ4v) is 8.33. The van der Waals surface area contributed by atoms with Gasteiger partial charge in [-0.1, -0.05) is 48.5 Å². The zero-order valence-corrected chi connectivity index (χ0v) is 14.7. The van der Waals surface area contributed by atoms with Crippen LogP contribution in [0.15, 0.2) is 0 Å². The van der Waals surface area contributed by atoms with Gasteiger partial charge in [0, 0.05) is 0 Å². The van der Waals surface area contributed by atoms with Gasteiger partial charge in [-0.05, 0) is 76.9 Å². The monoisotopic (exact) mass is 274 g/mol. The van der Waals surface area contributed by atoms with Crippen LogP contribution in [-0.2, 0) is 0 Å². The summed E-state index contributed by atoms with van der Waals surface area (Å²) >= 11 is 0. The second-order valence-electron chi connectivity index (χ2n) is 10.5. The molecule has 0 spiro atoms. The van der Waals surface area contributed by atoms with Crippen LogP contribution < -0.4 is 0 Å². The van der Waals surface area contributed by atoms with Crippen molar-refractivity contribution in [2.24, 2.45) is 57.7 Å². The molecule has 20 heavy (non-hydrogen) atoms. The highest BCUT2D eigenvalue weighted by molar-refractivity contribution is 5.24. The molecule has 0 aromatic heterocycles. The van der Waals surface area contributed by atoms with E-state index in [4.69, 9.17) is 0 Å². The van der Waals surface area contributed by atoms with Crippen LogP contribution in [0.3, 0.4) is 0 Å². The van der Waals surface area contributed by atoms with Crippen molar-refractivity contribution in [1.29, 1.82) is 0 Å². The third kappa shape index (κ3) is 1.23. The first-order valence-corrected chi connectivity index (χ1v) is 9.14. The summed E-state index contributed by atoms with van der Waals surface area (Å²) in [6.45, 7) is 18.1. The zero-order valence-electron chi connectivity index (χ0n) is 14.7. The molecule has 5 aliphatic rings. The van der Waals surface area contributed by atoms with Crippen LogP contribution in [0, 0.1) is 57.7 Å². The van der Waals surface area contributed by atoms with E-state index in [2.05, 4.69) is 48.5 Å². The van der Waals surface area contributed by atoms with E-state index in [0.717, 1.165) is 41.4 Å². The van der Waals surface area contributed by atoms with Crippen molar-refractivity contribution < 1.29 is 0 Å². The van der Waals surface area contributed by atoms with Gasteiger partial charge in [0.25, 0.3) is 0 Å². The highest BCUT2D eigenvalue weighted by Crippen LogP contribution is 2.82. The molecule has 0 nitrogen and oxygen atoms in total. The molecule has 5 rings (SSSR count). The lowest BCUT2D eigenvalue weighted by atomic mass is 9.36. The van der Waals surface area contributed by atoms with Crippen molar-refractivity contribution in [3.63, 3.8) is 0 Å². The molecule has 0 heteroatoms. The molecular formula is C20H34. The van der Waals surface area contributed by atoms with Crippen molar-refractivity contribution >= 4 is 0 Å². The van der Waals surface area contributed by atoms with Crippen LogP contribution in [0.4, 0.5) is 0 Å². The van der Waals surface area contributed by atoms with Gasteiger partial charge in [0.05, 0.1) is 0 Å². The van der Waals surface area contributed by atoms with Crippen LogP contribution in [0.1, 0.15) is 67.7 Å². The predicted molar refractivity (Wildman–Crippen MR) is 85.3 cm³/mol. The molecule has 5 aliphatic carbocycles. The minimum atomic E-state index is 0.538. The molecule has 114 valence electrons. The van der Waals surface area contributed by atoms with Crippen LogP contribution in [0.25, 0.3) is 0 Å². The van der Waals surface area contributed by atoms with E-state index in [-0.39, 0.29) is 0 Å². The maximum Gasteiger partial charge on any atom is -0.0233 e. The van der Waals surface area contributed by atoms with Gasteiger partial charge in [0.15, 0.2) is 0 Å². The molecular weight excluding hydrogens is 240 g/mol. The average Bonchev–Trinajstić information content (AvgIpc) is 2.72. The lowest BCUT2D eigenvalue weighted by Gasteiger charge is -2.68. The smallest absolute Gasteiger partial charge is 0.0233 e. The van der Waals surface area contributed by atoms with Gasteiger partial charge >= 0.3 is 0 Å². The normalized spacial score (nSPS) is 62.4. The van der Waals surface area contributed by atoms with Gasteiger partial charge in [-0.15, -0.1) is 0 Å². The van der Waals surface area contributed by atoms with E-state index in [1.54, 1.807) is 12.8 Å². The Kier molecular flexibility index (Phi) is 2.38. The van der Waals surface area contributed by atoms with Gasteiger partial charge < -0.3 is 0 Å². The maximum atomic E-state index is 2.67. The maximum absolute atomic E-state index is 2.67. The standard InChI is InChI=1S/C20H34/c1-11(2)20-9-18(5,6)13(4)15-12(3)16-14(20)8-19(7,10-20)17(15)16/h11-17H,8-10H2,1-7H3. The molecule has 5 bridgehead atoms. The van der Waals surface area contributed by atoms with Gasteiger partial charge in [-0.2, -0.15) is 0 Å². The topological polar surface area (TPSA) is 0 Å². The van der Waals surface area contributed by atoms with Gasteiger partial charge in [0.1, 0.15) is 0 Å². The van der Waals surface area contributed by atoms with Crippen molar-refractivity contribution in [2.45, 2.75) is 67.7 Å². The molecule has 0 N–H and O–H groups in total. The molecule has 5 fully saturated rings. The van der Waals surface area contributed by atoms with E-state index < -0.39 is 0 Å². The Morgan fingerprint density at radius 2 is 1.60 bits per heavy atom. The fourth-order valence-electron chi connectivity index (χ4n) is 8.33.